The van der Waals surface area contributed by atoms with Gasteiger partial charge in [0.05, 0.1) is 7.11 Å². The van der Waals surface area contributed by atoms with E-state index in [0.29, 0.717) is 12.2 Å². The molecule has 1 aromatic carbocycles. The summed E-state index contributed by atoms with van der Waals surface area (Å²) in [6.45, 7) is 9.76. The normalized spacial score (nSPS) is 13.3. The van der Waals surface area contributed by atoms with Gasteiger partial charge in [-0.2, -0.15) is 0 Å². The lowest BCUT2D eigenvalue weighted by molar-refractivity contribution is 0.304. The smallest absolute Gasteiger partial charge is 0.168 e. The summed E-state index contributed by atoms with van der Waals surface area (Å²) in [6, 6.07) is 5.65. The molecule has 0 heterocycles. The Labute approximate surface area is 122 Å². The van der Waals surface area contributed by atoms with Crippen molar-refractivity contribution >= 4 is 0 Å². The molecule has 1 N–H and O–H groups in total. The molecule has 0 aliphatic heterocycles. The highest BCUT2D eigenvalue weighted by molar-refractivity contribution is 5.31. The van der Waals surface area contributed by atoms with Gasteiger partial charge in [-0.15, -0.1) is 0 Å². The van der Waals surface area contributed by atoms with Crippen LogP contribution >= 0.6 is 0 Å². The Bertz CT molecular complexity index is 412. The number of rotatable bonds is 7. The molecule has 0 spiro atoms. The first-order valence-corrected chi connectivity index (χ1v) is 7.42. The highest BCUT2D eigenvalue weighted by atomic mass is 19.1. The summed E-state index contributed by atoms with van der Waals surface area (Å²) in [4.78, 5) is 0. The van der Waals surface area contributed by atoms with Crippen LogP contribution < -0.4 is 10.1 Å². The van der Waals surface area contributed by atoms with E-state index in [4.69, 9.17) is 4.74 Å². The lowest BCUT2D eigenvalue weighted by Crippen LogP contribution is -2.35. The van der Waals surface area contributed by atoms with E-state index < -0.39 is 0 Å². The van der Waals surface area contributed by atoms with Crippen molar-refractivity contribution in [1.29, 1.82) is 0 Å². The molecule has 20 heavy (non-hydrogen) atoms. The molecule has 0 aliphatic carbocycles. The zero-order valence-corrected chi connectivity index (χ0v) is 13.4. The summed E-state index contributed by atoms with van der Waals surface area (Å²) in [5.74, 6) is 0.0970. The Hall–Kier alpha value is -1.09. The van der Waals surface area contributed by atoms with Gasteiger partial charge in [-0.3, -0.25) is 0 Å². The Kier molecular flexibility index (Phi) is 6.47. The van der Waals surface area contributed by atoms with E-state index in [-0.39, 0.29) is 17.3 Å². The van der Waals surface area contributed by atoms with Crippen molar-refractivity contribution < 1.29 is 9.13 Å². The lowest BCUT2D eigenvalue weighted by atomic mass is 9.85. The molecule has 0 aromatic heterocycles. The molecule has 0 fully saturated rings. The standard InChI is InChI=1S/C17H28FNO/c1-6-10-19-14(12-17(2,3)4)11-13-8-7-9-15(20-5)16(13)18/h7-9,14,19H,6,10-12H2,1-5H3. The van der Waals surface area contributed by atoms with Gasteiger partial charge in [0.2, 0.25) is 0 Å². The fourth-order valence-electron chi connectivity index (χ4n) is 2.44. The van der Waals surface area contributed by atoms with Crippen LogP contribution in [0.4, 0.5) is 4.39 Å². The average molecular weight is 281 g/mol. The number of hydrogen-bond donors (Lipinski definition) is 1. The van der Waals surface area contributed by atoms with Crippen molar-refractivity contribution in [2.75, 3.05) is 13.7 Å². The van der Waals surface area contributed by atoms with Gasteiger partial charge in [-0.05, 0) is 42.9 Å². The first-order valence-electron chi connectivity index (χ1n) is 7.42. The van der Waals surface area contributed by atoms with Crippen molar-refractivity contribution in [1.82, 2.24) is 5.32 Å². The molecule has 1 unspecified atom stereocenters. The Morgan fingerprint density at radius 1 is 1.30 bits per heavy atom. The predicted molar refractivity (Wildman–Crippen MR) is 82.8 cm³/mol. The maximum absolute atomic E-state index is 14.2. The Morgan fingerprint density at radius 2 is 2.00 bits per heavy atom. The third-order valence-electron chi connectivity index (χ3n) is 3.27. The first-order chi connectivity index (χ1) is 9.37. The van der Waals surface area contributed by atoms with E-state index in [1.165, 1.54) is 7.11 Å². The van der Waals surface area contributed by atoms with E-state index >= 15 is 0 Å². The van der Waals surface area contributed by atoms with Gasteiger partial charge in [0.25, 0.3) is 0 Å². The molecule has 0 saturated carbocycles. The molecule has 114 valence electrons. The zero-order valence-electron chi connectivity index (χ0n) is 13.4. The predicted octanol–water partition coefficient (Wildman–Crippen LogP) is 4.18. The van der Waals surface area contributed by atoms with Gasteiger partial charge in [-0.1, -0.05) is 39.8 Å². The van der Waals surface area contributed by atoms with Crippen molar-refractivity contribution in [3.05, 3.63) is 29.6 Å². The third-order valence-corrected chi connectivity index (χ3v) is 3.27. The van der Waals surface area contributed by atoms with Crippen LogP contribution in [0.15, 0.2) is 18.2 Å². The molecule has 0 saturated heterocycles. The van der Waals surface area contributed by atoms with E-state index in [0.717, 1.165) is 24.9 Å². The number of hydrogen-bond acceptors (Lipinski definition) is 2. The number of benzene rings is 1. The maximum atomic E-state index is 14.2. The fourth-order valence-corrected chi connectivity index (χ4v) is 2.44. The van der Waals surface area contributed by atoms with Gasteiger partial charge < -0.3 is 10.1 Å². The molecule has 1 aromatic rings. The number of methoxy groups -OCH3 is 1. The summed E-state index contributed by atoms with van der Waals surface area (Å²) >= 11 is 0. The first kappa shape index (κ1) is 17.0. The highest BCUT2D eigenvalue weighted by Crippen LogP contribution is 2.25. The molecule has 0 radical (unpaired) electrons. The van der Waals surface area contributed by atoms with Crippen LogP contribution in [-0.4, -0.2) is 19.7 Å². The summed E-state index contributed by atoms with van der Waals surface area (Å²) in [5.41, 5.74) is 0.947. The minimum absolute atomic E-state index is 0.223. The van der Waals surface area contributed by atoms with Crippen LogP contribution in [0.1, 0.15) is 46.1 Å². The molecule has 0 amide bonds. The summed E-state index contributed by atoms with van der Waals surface area (Å²) in [7, 11) is 1.50. The van der Waals surface area contributed by atoms with Gasteiger partial charge in [0.15, 0.2) is 11.6 Å². The van der Waals surface area contributed by atoms with Crippen molar-refractivity contribution in [2.24, 2.45) is 5.41 Å². The van der Waals surface area contributed by atoms with Crippen LogP contribution in [-0.2, 0) is 6.42 Å². The zero-order chi connectivity index (χ0) is 15.2. The van der Waals surface area contributed by atoms with Gasteiger partial charge in [-0.25, -0.2) is 4.39 Å². The Balaban J connectivity index is 2.83. The number of ether oxygens (including phenoxy) is 1. The molecule has 1 rings (SSSR count). The molecule has 2 nitrogen and oxygen atoms in total. The third kappa shape index (κ3) is 5.49. The van der Waals surface area contributed by atoms with E-state index in [1.807, 2.05) is 12.1 Å². The maximum Gasteiger partial charge on any atom is 0.168 e. The topological polar surface area (TPSA) is 21.3 Å². The summed E-state index contributed by atoms with van der Waals surface area (Å²) < 4.78 is 19.3. The molecule has 3 heteroatoms. The second-order valence-corrected chi connectivity index (χ2v) is 6.55. The molecule has 1 atom stereocenters. The van der Waals surface area contributed by atoms with Crippen molar-refractivity contribution in [2.45, 2.75) is 53.0 Å². The second-order valence-electron chi connectivity index (χ2n) is 6.55. The summed E-state index contributed by atoms with van der Waals surface area (Å²) in [6.07, 6.45) is 2.80. The molecular formula is C17H28FNO. The second kappa shape index (κ2) is 7.63. The van der Waals surface area contributed by atoms with Crippen molar-refractivity contribution in [3.8, 4) is 5.75 Å². The Morgan fingerprint density at radius 3 is 2.55 bits per heavy atom. The van der Waals surface area contributed by atoms with Crippen LogP contribution in [0.3, 0.4) is 0 Å². The minimum atomic E-state index is -0.229. The fraction of sp³-hybridized carbons (Fsp3) is 0.647. The quantitative estimate of drug-likeness (QED) is 0.809. The van der Waals surface area contributed by atoms with Gasteiger partial charge in [0.1, 0.15) is 0 Å². The average Bonchev–Trinajstić information content (AvgIpc) is 2.36. The largest absolute Gasteiger partial charge is 0.494 e. The lowest BCUT2D eigenvalue weighted by Gasteiger charge is -2.27. The van der Waals surface area contributed by atoms with Crippen molar-refractivity contribution in [3.63, 3.8) is 0 Å². The molecule has 0 bridgehead atoms. The van der Waals surface area contributed by atoms with Crippen LogP contribution in [0.2, 0.25) is 0 Å². The number of halogens is 1. The van der Waals surface area contributed by atoms with E-state index in [9.17, 15) is 4.39 Å². The monoisotopic (exact) mass is 281 g/mol. The van der Waals surface area contributed by atoms with Gasteiger partial charge in [0, 0.05) is 6.04 Å². The molecular weight excluding hydrogens is 253 g/mol. The van der Waals surface area contributed by atoms with E-state index in [1.54, 1.807) is 6.07 Å². The van der Waals surface area contributed by atoms with E-state index in [2.05, 4.69) is 33.0 Å². The number of nitrogens with one attached hydrogen (secondary N) is 1. The van der Waals surface area contributed by atoms with Crippen LogP contribution in [0, 0.1) is 11.2 Å². The molecule has 0 aliphatic rings. The van der Waals surface area contributed by atoms with Crippen LogP contribution in [0.25, 0.3) is 0 Å². The minimum Gasteiger partial charge on any atom is -0.494 e. The van der Waals surface area contributed by atoms with Crippen LogP contribution in [0.5, 0.6) is 5.75 Å². The van der Waals surface area contributed by atoms with Gasteiger partial charge >= 0.3 is 0 Å². The SMILES string of the molecule is CCCNC(Cc1cccc(OC)c1F)CC(C)(C)C. The highest BCUT2D eigenvalue weighted by Gasteiger charge is 2.20. The summed E-state index contributed by atoms with van der Waals surface area (Å²) in [5, 5.41) is 3.53.